The number of halogens is 5. The summed E-state index contributed by atoms with van der Waals surface area (Å²) in [4.78, 5) is 0. The molecule has 1 aliphatic carbocycles. The number of ether oxygens (including phenoxy) is 1. The number of rotatable bonds is 10. The predicted octanol–water partition coefficient (Wildman–Crippen LogP) is 8.89. The molecule has 0 aliphatic heterocycles. The Kier molecular flexibility index (Phi) is 8.99. The molecular weight excluding hydrogens is 447 g/mol. The molecule has 6 heteroatoms. The molecule has 0 heterocycles. The van der Waals surface area contributed by atoms with Crippen LogP contribution in [-0.4, -0.2) is 6.11 Å². The molecule has 0 N–H and O–H groups in total. The number of alkyl halides is 2. The van der Waals surface area contributed by atoms with Crippen molar-refractivity contribution in [1.82, 2.24) is 0 Å². The maximum atomic E-state index is 14.6. The zero-order valence-corrected chi connectivity index (χ0v) is 19.5. The number of terminal acetylenes is 1. The largest absolute Gasteiger partial charge is 0.432 e. The Morgan fingerprint density at radius 1 is 0.912 bits per heavy atom. The highest BCUT2D eigenvalue weighted by Gasteiger charge is 2.33. The van der Waals surface area contributed by atoms with Crippen LogP contribution in [0, 0.1) is 41.6 Å². The summed E-state index contributed by atoms with van der Waals surface area (Å²) in [5.74, 6) is -0.409. The smallest absolute Gasteiger partial charge is 0.397 e. The van der Waals surface area contributed by atoms with Crippen molar-refractivity contribution in [2.75, 3.05) is 0 Å². The van der Waals surface area contributed by atoms with Crippen molar-refractivity contribution in [1.29, 1.82) is 0 Å². The van der Waals surface area contributed by atoms with E-state index in [1.807, 2.05) is 5.92 Å². The monoisotopic (exact) mass is 478 g/mol. The van der Waals surface area contributed by atoms with Gasteiger partial charge in [0.1, 0.15) is 23.2 Å². The molecule has 1 aliphatic rings. The first-order valence-electron chi connectivity index (χ1n) is 12.0. The summed E-state index contributed by atoms with van der Waals surface area (Å²) in [6, 6.07) is 4.94. The molecule has 1 saturated carbocycles. The number of hydrogen-bond acceptors (Lipinski definition) is 1. The molecule has 3 rings (SSSR count). The van der Waals surface area contributed by atoms with E-state index in [-0.39, 0.29) is 22.8 Å². The summed E-state index contributed by atoms with van der Waals surface area (Å²) in [5, 5.41) is 0. The van der Waals surface area contributed by atoms with E-state index in [9.17, 15) is 22.0 Å². The second kappa shape index (κ2) is 11.7. The van der Waals surface area contributed by atoms with E-state index in [2.05, 4.69) is 6.92 Å². The van der Waals surface area contributed by atoms with E-state index in [0.29, 0.717) is 12.3 Å². The molecule has 34 heavy (non-hydrogen) atoms. The summed E-state index contributed by atoms with van der Waals surface area (Å²) in [6.45, 7) is 2.18. The van der Waals surface area contributed by atoms with Gasteiger partial charge in [0, 0.05) is 11.6 Å². The van der Waals surface area contributed by atoms with E-state index in [1.54, 1.807) is 0 Å². The standard InChI is InChI=1S/C28H31F5O/c1-3-5-6-7-19-8-10-20(11-9-19)14-15-28(32,33)34-22-12-13-24(27(31)18-22)21-16-25(29)23(4-2)26(30)17-21/h2,12-13,16-20H,3,5-11,14-15H2,1H3. The Labute approximate surface area is 198 Å². The zero-order chi connectivity index (χ0) is 24.7. The van der Waals surface area contributed by atoms with E-state index in [4.69, 9.17) is 11.2 Å². The lowest BCUT2D eigenvalue weighted by molar-refractivity contribution is -0.183. The third-order valence-corrected chi connectivity index (χ3v) is 6.73. The first-order valence-corrected chi connectivity index (χ1v) is 12.0. The van der Waals surface area contributed by atoms with Gasteiger partial charge in [0.2, 0.25) is 0 Å². The average Bonchev–Trinajstić information content (AvgIpc) is 2.78. The Morgan fingerprint density at radius 3 is 2.09 bits per heavy atom. The maximum Gasteiger partial charge on any atom is 0.397 e. The van der Waals surface area contributed by atoms with Crippen molar-refractivity contribution in [3.63, 3.8) is 0 Å². The van der Waals surface area contributed by atoms with Crippen molar-refractivity contribution in [3.05, 3.63) is 53.3 Å². The van der Waals surface area contributed by atoms with Gasteiger partial charge in [-0.1, -0.05) is 64.2 Å². The lowest BCUT2D eigenvalue weighted by Crippen LogP contribution is -2.26. The van der Waals surface area contributed by atoms with Crippen LogP contribution in [0.2, 0.25) is 0 Å². The number of hydrogen-bond donors (Lipinski definition) is 0. The van der Waals surface area contributed by atoms with Gasteiger partial charge in [0.15, 0.2) is 0 Å². The van der Waals surface area contributed by atoms with Gasteiger partial charge in [-0.25, -0.2) is 13.2 Å². The van der Waals surface area contributed by atoms with Gasteiger partial charge in [-0.05, 0) is 48.1 Å². The van der Waals surface area contributed by atoms with Gasteiger partial charge in [-0.2, -0.15) is 8.78 Å². The third-order valence-electron chi connectivity index (χ3n) is 6.73. The Hall–Kier alpha value is -2.55. The lowest BCUT2D eigenvalue weighted by Gasteiger charge is -2.29. The second-order valence-corrected chi connectivity index (χ2v) is 9.26. The van der Waals surface area contributed by atoms with Crippen LogP contribution in [-0.2, 0) is 0 Å². The molecular formula is C28H31F5O. The molecule has 2 aromatic carbocycles. The van der Waals surface area contributed by atoms with Crippen LogP contribution in [0.4, 0.5) is 22.0 Å². The SMILES string of the molecule is C#Cc1c(F)cc(-c2ccc(OC(F)(F)CCC3CCC(CCCCC)CC3)cc2F)cc1F. The molecule has 0 radical (unpaired) electrons. The minimum Gasteiger partial charge on any atom is -0.432 e. The van der Waals surface area contributed by atoms with Crippen molar-refractivity contribution < 1.29 is 26.7 Å². The van der Waals surface area contributed by atoms with Gasteiger partial charge in [0.25, 0.3) is 0 Å². The molecule has 0 amide bonds. The van der Waals surface area contributed by atoms with Crippen LogP contribution in [0.25, 0.3) is 11.1 Å². The molecule has 0 bridgehead atoms. The zero-order valence-electron chi connectivity index (χ0n) is 19.5. The van der Waals surface area contributed by atoms with Gasteiger partial charge in [-0.3, -0.25) is 0 Å². The first-order chi connectivity index (χ1) is 16.2. The van der Waals surface area contributed by atoms with Crippen LogP contribution >= 0.6 is 0 Å². The molecule has 2 aromatic rings. The molecule has 0 aromatic heterocycles. The van der Waals surface area contributed by atoms with Crippen LogP contribution in [0.1, 0.15) is 76.7 Å². The maximum absolute atomic E-state index is 14.6. The highest BCUT2D eigenvalue weighted by molar-refractivity contribution is 5.66. The fourth-order valence-electron chi connectivity index (χ4n) is 4.75. The second-order valence-electron chi connectivity index (χ2n) is 9.26. The average molecular weight is 479 g/mol. The summed E-state index contributed by atoms with van der Waals surface area (Å²) in [5.41, 5.74) is -0.781. The van der Waals surface area contributed by atoms with E-state index >= 15 is 0 Å². The van der Waals surface area contributed by atoms with Crippen molar-refractivity contribution >= 4 is 0 Å². The summed E-state index contributed by atoms with van der Waals surface area (Å²) < 4.78 is 76.1. The molecule has 0 atom stereocenters. The Balaban J connectivity index is 1.55. The topological polar surface area (TPSA) is 9.23 Å². The fourth-order valence-corrected chi connectivity index (χ4v) is 4.75. The summed E-state index contributed by atoms with van der Waals surface area (Å²) in [6.07, 6.45) is 10.6. The van der Waals surface area contributed by atoms with Gasteiger partial charge >= 0.3 is 6.11 Å². The number of benzene rings is 2. The molecule has 0 spiro atoms. The number of unbranched alkanes of at least 4 members (excludes halogenated alkanes) is 2. The van der Waals surface area contributed by atoms with Gasteiger partial charge in [-0.15, -0.1) is 6.42 Å². The molecule has 1 fully saturated rings. The lowest BCUT2D eigenvalue weighted by atomic mass is 9.78. The third kappa shape index (κ3) is 6.98. The van der Waals surface area contributed by atoms with Crippen LogP contribution < -0.4 is 4.74 Å². The highest BCUT2D eigenvalue weighted by atomic mass is 19.3. The van der Waals surface area contributed by atoms with E-state index in [0.717, 1.165) is 49.9 Å². The minimum absolute atomic E-state index is 0.0879. The van der Waals surface area contributed by atoms with Crippen LogP contribution in [0.3, 0.4) is 0 Å². The minimum atomic E-state index is -3.43. The molecule has 0 unspecified atom stereocenters. The van der Waals surface area contributed by atoms with Gasteiger partial charge in [0.05, 0.1) is 12.0 Å². The van der Waals surface area contributed by atoms with Crippen molar-refractivity contribution in [3.8, 4) is 29.2 Å². The fraction of sp³-hybridized carbons (Fsp3) is 0.500. The van der Waals surface area contributed by atoms with E-state index in [1.165, 1.54) is 31.7 Å². The normalized spacial score (nSPS) is 18.5. The molecule has 1 nitrogen and oxygen atoms in total. The Morgan fingerprint density at radius 2 is 1.53 bits per heavy atom. The van der Waals surface area contributed by atoms with Gasteiger partial charge < -0.3 is 4.74 Å². The van der Waals surface area contributed by atoms with Crippen LogP contribution in [0.15, 0.2) is 30.3 Å². The summed E-state index contributed by atoms with van der Waals surface area (Å²) in [7, 11) is 0. The first kappa shape index (κ1) is 26.1. The summed E-state index contributed by atoms with van der Waals surface area (Å²) >= 11 is 0. The Bertz CT molecular complexity index is 979. The molecule has 0 saturated heterocycles. The van der Waals surface area contributed by atoms with Crippen LogP contribution in [0.5, 0.6) is 5.75 Å². The predicted molar refractivity (Wildman–Crippen MR) is 124 cm³/mol. The molecule has 184 valence electrons. The van der Waals surface area contributed by atoms with E-state index < -0.39 is 35.5 Å². The quantitative estimate of drug-likeness (QED) is 0.188. The van der Waals surface area contributed by atoms with Crippen molar-refractivity contribution in [2.24, 2.45) is 11.8 Å². The van der Waals surface area contributed by atoms with Crippen molar-refractivity contribution in [2.45, 2.75) is 77.2 Å². The highest BCUT2D eigenvalue weighted by Crippen LogP contribution is 2.37.